The predicted molar refractivity (Wildman–Crippen MR) is 72.1 cm³/mol. The van der Waals surface area contributed by atoms with Gasteiger partial charge in [0.1, 0.15) is 5.82 Å². The summed E-state index contributed by atoms with van der Waals surface area (Å²) in [6, 6.07) is 0.747. The largest absolute Gasteiger partial charge is 0.417 e. The van der Waals surface area contributed by atoms with Crippen molar-refractivity contribution in [2.45, 2.75) is 18.6 Å². The van der Waals surface area contributed by atoms with Crippen LogP contribution >= 0.6 is 11.6 Å². The molecule has 0 bridgehead atoms. The molecule has 0 saturated carbocycles. The summed E-state index contributed by atoms with van der Waals surface area (Å²) in [5.41, 5.74) is 4.33. The van der Waals surface area contributed by atoms with E-state index in [-0.39, 0.29) is 29.3 Å². The van der Waals surface area contributed by atoms with E-state index in [0.29, 0.717) is 19.5 Å². The number of nitrogens with zero attached hydrogens (tertiary/aromatic N) is 2. The molecule has 1 aromatic heterocycles. The summed E-state index contributed by atoms with van der Waals surface area (Å²) in [6.45, 7) is 0.882. The van der Waals surface area contributed by atoms with Gasteiger partial charge in [-0.25, -0.2) is 4.98 Å². The normalized spacial score (nSPS) is 18.9. The van der Waals surface area contributed by atoms with Crippen LogP contribution < -0.4 is 16.0 Å². The number of aromatic nitrogens is 1. The Hall–Kier alpha value is -1.54. The van der Waals surface area contributed by atoms with Crippen molar-refractivity contribution >= 4 is 23.3 Å². The molecule has 2 rings (SSSR count). The molecule has 1 aliphatic rings. The topological polar surface area (TPSA) is 71.2 Å². The molecule has 1 saturated heterocycles. The number of carbonyl (C=O) groups excluding carboxylic acids is 1. The molecule has 21 heavy (non-hydrogen) atoms. The van der Waals surface area contributed by atoms with E-state index in [4.69, 9.17) is 17.3 Å². The Balaban J connectivity index is 2.08. The molecule has 0 aromatic carbocycles. The third-order valence-corrected chi connectivity index (χ3v) is 3.47. The molecule has 1 aromatic rings. The Morgan fingerprint density at radius 1 is 1.57 bits per heavy atom. The van der Waals surface area contributed by atoms with Crippen LogP contribution in [0.15, 0.2) is 12.3 Å². The molecule has 1 amide bonds. The third-order valence-electron chi connectivity index (χ3n) is 3.19. The van der Waals surface area contributed by atoms with Gasteiger partial charge in [-0.2, -0.15) is 13.2 Å². The second-order valence-electron chi connectivity index (χ2n) is 4.73. The second-order valence-corrected chi connectivity index (χ2v) is 5.14. The number of alkyl halides is 3. The minimum atomic E-state index is -4.47. The lowest BCUT2D eigenvalue weighted by molar-refractivity contribution is -0.137. The molecular formula is C12H14ClF3N4O. The molecule has 0 radical (unpaired) electrons. The summed E-state index contributed by atoms with van der Waals surface area (Å²) in [5, 5.41) is 2.67. The van der Waals surface area contributed by atoms with Gasteiger partial charge in [0.25, 0.3) is 0 Å². The Labute approximate surface area is 124 Å². The summed E-state index contributed by atoms with van der Waals surface area (Å²) >= 11 is 5.88. The van der Waals surface area contributed by atoms with E-state index in [9.17, 15) is 18.0 Å². The third kappa shape index (κ3) is 3.76. The number of hydrogen-bond donors (Lipinski definition) is 2. The zero-order chi connectivity index (χ0) is 15.6. The second kappa shape index (κ2) is 6.07. The minimum absolute atomic E-state index is 0.0596. The van der Waals surface area contributed by atoms with Crippen molar-refractivity contribution in [1.29, 1.82) is 0 Å². The predicted octanol–water partition coefficient (Wildman–Crippen LogP) is 1.41. The first-order valence-electron chi connectivity index (χ1n) is 6.28. The molecule has 1 aliphatic heterocycles. The van der Waals surface area contributed by atoms with Crippen molar-refractivity contribution in [2.24, 2.45) is 5.73 Å². The van der Waals surface area contributed by atoms with Crippen LogP contribution in [0.5, 0.6) is 0 Å². The average molecular weight is 323 g/mol. The van der Waals surface area contributed by atoms with Gasteiger partial charge in [0.05, 0.1) is 17.1 Å². The van der Waals surface area contributed by atoms with E-state index in [2.05, 4.69) is 10.3 Å². The highest BCUT2D eigenvalue weighted by molar-refractivity contribution is 6.33. The lowest BCUT2D eigenvalue weighted by atomic mass is 10.2. The van der Waals surface area contributed by atoms with Crippen LogP contribution in [0.1, 0.15) is 12.0 Å². The number of halogens is 4. The van der Waals surface area contributed by atoms with E-state index in [1.54, 1.807) is 4.90 Å². The molecule has 0 spiro atoms. The van der Waals surface area contributed by atoms with Gasteiger partial charge in [0.2, 0.25) is 5.91 Å². The number of carbonyl (C=O) groups is 1. The molecule has 5 nitrogen and oxygen atoms in total. The SMILES string of the molecule is NCC(=O)NC1CCN(c2ncc(C(F)(F)F)cc2Cl)C1. The van der Waals surface area contributed by atoms with E-state index in [1.165, 1.54) is 0 Å². The Morgan fingerprint density at radius 2 is 2.29 bits per heavy atom. The monoisotopic (exact) mass is 322 g/mol. The van der Waals surface area contributed by atoms with Gasteiger partial charge in [-0.3, -0.25) is 4.79 Å². The summed E-state index contributed by atoms with van der Waals surface area (Å²) in [4.78, 5) is 16.7. The highest BCUT2D eigenvalue weighted by atomic mass is 35.5. The highest BCUT2D eigenvalue weighted by Crippen LogP contribution is 2.34. The molecule has 2 heterocycles. The molecule has 1 unspecified atom stereocenters. The number of rotatable bonds is 3. The quantitative estimate of drug-likeness (QED) is 0.882. The molecule has 0 aliphatic carbocycles. The number of nitrogens with one attached hydrogen (secondary N) is 1. The number of pyridine rings is 1. The van der Waals surface area contributed by atoms with Crippen LogP contribution in [-0.4, -0.2) is 36.6 Å². The van der Waals surface area contributed by atoms with Crippen molar-refractivity contribution in [2.75, 3.05) is 24.5 Å². The van der Waals surface area contributed by atoms with Gasteiger partial charge in [-0.05, 0) is 12.5 Å². The van der Waals surface area contributed by atoms with Crippen LogP contribution in [0.25, 0.3) is 0 Å². The van der Waals surface area contributed by atoms with Gasteiger partial charge in [-0.1, -0.05) is 11.6 Å². The van der Waals surface area contributed by atoms with Crippen LogP contribution in [-0.2, 0) is 11.0 Å². The number of amides is 1. The van der Waals surface area contributed by atoms with E-state index in [0.717, 1.165) is 12.3 Å². The fourth-order valence-corrected chi connectivity index (χ4v) is 2.46. The smallest absolute Gasteiger partial charge is 0.353 e. The van der Waals surface area contributed by atoms with Gasteiger partial charge in [0, 0.05) is 25.3 Å². The van der Waals surface area contributed by atoms with Crippen molar-refractivity contribution < 1.29 is 18.0 Å². The summed E-state index contributed by atoms with van der Waals surface area (Å²) in [7, 11) is 0. The lowest BCUT2D eigenvalue weighted by Gasteiger charge is -2.20. The van der Waals surface area contributed by atoms with Crippen molar-refractivity contribution in [3.8, 4) is 0 Å². The molecule has 1 atom stereocenters. The Bertz CT molecular complexity index is 538. The first-order valence-corrected chi connectivity index (χ1v) is 6.66. The van der Waals surface area contributed by atoms with Gasteiger partial charge in [0.15, 0.2) is 0 Å². The van der Waals surface area contributed by atoms with E-state index >= 15 is 0 Å². The Kier molecular flexibility index (Phi) is 4.58. The van der Waals surface area contributed by atoms with E-state index in [1.807, 2.05) is 0 Å². The van der Waals surface area contributed by atoms with E-state index < -0.39 is 11.7 Å². The minimum Gasteiger partial charge on any atom is -0.353 e. The maximum Gasteiger partial charge on any atom is 0.417 e. The standard InChI is InChI=1S/C12H14ClF3N4O/c13-9-3-7(12(14,15)16)5-18-11(9)20-2-1-8(6-20)19-10(21)4-17/h3,5,8H,1-2,4,6,17H2,(H,19,21). The highest BCUT2D eigenvalue weighted by Gasteiger charge is 2.33. The average Bonchev–Trinajstić information content (AvgIpc) is 2.85. The van der Waals surface area contributed by atoms with Crippen LogP contribution in [0.2, 0.25) is 5.02 Å². The van der Waals surface area contributed by atoms with Crippen molar-refractivity contribution in [3.05, 3.63) is 22.8 Å². The number of anilines is 1. The maximum atomic E-state index is 12.5. The number of nitrogens with two attached hydrogens (primary N) is 1. The summed E-state index contributed by atoms with van der Waals surface area (Å²) in [6.07, 6.45) is -3.06. The maximum absolute atomic E-state index is 12.5. The fraction of sp³-hybridized carbons (Fsp3) is 0.500. The molecule has 1 fully saturated rings. The molecule has 3 N–H and O–H groups in total. The van der Waals surface area contributed by atoms with Crippen LogP contribution in [0, 0.1) is 0 Å². The first-order chi connectivity index (χ1) is 9.81. The number of hydrogen-bond acceptors (Lipinski definition) is 4. The molecular weight excluding hydrogens is 309 g/mol. The lowest BCUT2D eigenvalue weighted by Crippen LogP contribution is -2.40. The fourth-order valence-electron chi connectivity index (χ4n) is 2.18. The van der Waals surface area contributed by atoms with Gasteiger partial charge < -0.3 is 16.0 Å². The van der Waals surface area contributed by atoms with Crippen molar-refractivity contribution in [3.63, 3.8) is 0 Å². The Morgan fingerprint density at radius 3 is 2.86 bits per heavy atom. The van der Waals surface area contributed by atoms with Gasteiger partial charge >= 0.3 is 6.18 Å². The van der Waals surface area contributed by atoms with Crippen molar-refractivity contribution in [1.82, 2.24) is 10.3 Å². The van der Waals surface area contributed by atoms with Crippen LogP contribution in [0.4, 0.5) is 19.0 Å². The zero-order valence-corrected chi connectivity index (χ0v) is 11.7. The van der Waals surface area contributed by atoms with Gasteiger partial charge in [-0.15, -0.1) is 0 Å². The molecule has 9 heteroatoms. The molecule has 116 valence electrons. The first kappa shape index (κ1) is 15.8. The summed E-state index contributed by atoms with van der Waals surface area (Å²) < 4.78 is 37.6. The summed E-state index contributed by atoms with van der Waals surface area (Å²) in [5.74, 6) is 0.0162. The van der Waals surface area contributed by atoms with Crippen LogP contribution in [0.3, 0.4) is 0 Å². The zero-order valence-electron chi connectivity index (χ0n) is 11.0.